The Hall–Kier alpha value is -2.04. The number of rotatable bonds is 6. The number of nitrogens with zero attached hydrogens (tertiary/aromatic N) is 1. The molecule has 0 bridgehead atoms. The Kier molecular flexibility index (Phi) is 6.64. The van der Waals surface area contributed by atoms with Gasteiger partial charge in [-0.1, -0.05) is 44.2 Å². The Morgan fingerprint density at radius 3 is 2.38 bits per heavy atom. The quantitative estimate of drug-likeness (QED) is 0.864. The van der Waals surface area contributed by atoms with Gasteiger partial charge in [0.2, 0.25) is 0 Å². The maximum absolute atomic E-state index is 12.3. The molecule has 1 heterocycles. The van der Waals surface area contributed by atoms with Gasteiger partial charge in [0, 0.05) is 13.1 Å². The highest BCUT2D eigenvalue weighted by atomic mass is 16.4. The average Bonchev–Trinajstić information content (AvgIpc) is 2.55. The molecule has 1 aliphatic rings. The number of hydrogen-bond donors (Lipinski definition) is 1. The van der Waals surface area contributed by atoms with E-state index in [0.29, 0.717) is 25.4 Å². The number of urea groups is 1. The minimum Gasteiger partial charge on any atom is -0.548 e. The van der Waals surface area contributed by atoms with Crippen molar-refractivity contribution < 1.29 is 14.7 Å². The molecular weight excluding hydrogens is 304 g/mol. The summed E-state index contributed by atoms with van der Waals surface area (Å²) in [4.78, 5) is 25.2. The van der Waals surface area contributed by atoms with Crippen molar-refractivity contribution in [2.24, 2.45) is 11.8 Å². The summed E-state index contributed by atoms with van der Waals surface area (Å²) >= 11 is 0. The highest BCUT2D eigenvalue weighted by Gasteiger charge is 2.25. The molecule has 1 fully saturated rings. The van der Waals surface area contributed by atoms with Gasteiger partial charge >= 0.3 is 6.03 Å². The Labute approximate surface area is 144 Å². The van der Waals surface area contributed by atoms with Crippen LogP contribution in [-0.4, -0.2) is 36.0 Å². The molecule has 0 spiro atoms. The zero-order chi connectivity index (χ0) is 17.5. The number of amides is 2. The molecule has 0 saturated carbocycles. The number of aliphatic carboxylic acids is 1. The number of carbonyl (C=O) groups excluding carboxylic acids is 2. The molecule has 0 aromatic heterocycles. The largest absolute Gasteiger partial charge is 0.548 e. The average molecular weight is 331 g/mol. The normalized spacial score (nSPS) is 16.9. The van der Waals surface area contributed by atoms with Gasteiger partial charge < -0.3 is 20.1 Å². The third-order valence-electron chi connectivity index (χ3n) is 4.56. The smallest absolute Gasteiger partial charge is 0.317 e. The Bertz CT molecular complexity index is 537. The minimum absolute atomic E-state index is 0.185. The van der Waals surface area contributed by atoms with Gasteiger partial charge in [0.05, 0.1) is 12.0 Å². The monoisotopic (exact) mass is 331 g/mol. The Morgan fingerprint density at radius 2 is 1.83 bits per heavy atom. The van der Waals surface area contributed by atoms with Crippen LogP contribution >= 0.6 is 0 Å². The van der Waals surface area contributed by atoms with E-state index in [4.69, 9.17) is 0 Å². The van der Waals surface area contributed by atoms with E-state index in [1.54, 1.807) is 4.90 Å². The number of benzene rings is 1. The van der Waals surface area contributed by atoms with Crippen LogP contribution in [0.1, 0.15) is 38.7 Å². The highest BCUT2D eigenvalue weighted by molar-refractivity contribution is 5.81. The molecule has 5 nitrogen and oxygen atoms in total. The van der Waals surface area contributed by atoms with Crippen LogP contribution in [0.4, 0.5) is 4.79 Å². The predicted molar refractivity (Wildman–Crippen MR) is 91.2 cm³/mol. The third kappa shape index (κ3) is 5.55. The van der Waals surface area contributed by atoms with Crippen molar-refractivity contribution in [1.29, 1.82) is 0 Å². The molecule has 2 amide bonds. The van der Waals surface area contributed by atoms with E-state index >= 15 is 0 Å². The predicted octanol–water partition coefficient (Wildman–Crippen LogP) is 1.82. The summed E-state index contributed by atoms with van der Waals surface area (Å²) in [6.07, 6.45) is 3.31. The van der Waals surface area contributed by atoms with E-state index < -0.39 is 12.0 Å². The molecular formula is C19H27N2O3-. The zero-order valence-corrected chi connectivity index (χ0v) is 14.5. The van der Waals surface area contributed by atoms with Gasteiger partial charge in [0.25, 0.3) is 0 Å². The van der Waals surface area contributed by atoms with Crippen molar-refractivity contribution in [3.8, 4) is 0 Å². The molecule has 1 aromatic rings. The van der Waals surface area contributed by atoms with Crippen LogP contribution in [0, 0.1) is 11.8 Å². The van der Waals surface area contributed by atoms with E-state index in [-0.39, 0.29) is 11.9 Å². The second-order valence-corrected chi connectivity index (χ2v) is 7.07. The summed E-state index contributed by atoms with van der Waals surface area (Å²) < 4.78 is 0. The van der Waals surface area contributed by atoms with Crippen LogP contribution in [0.15, 0.2) is 30.3 Å². The van der Waals surface area contributed by atoms with Crippen LogP contribution in [0.2, 0.25) is 0 Å². The van der Waals surface area contributed by atoms with E-state index in [2.05, 4.69) is 17.4 Å². The van der Waals surface area contributed by atoms with Crippen molar-refractivity contribution in [1.82, 2.24) is 10.2 Å². The molecule has 1 aromatic carbocycles. The number of hydrogen-bond acceptors (Lipinski definition) is 3. The zero-order valence-electron chi connectivity index (χ0n) is 14.5. The van der Waals surface area contributed by atoms with Gasteiger partial charge in [0.1, 0.15) is 0 Å². The molecule has 24 heavy (non-hydrogen) atoms. The summed E-state index contributed by atoms with van der Waals surface area (Å²) in [5.41, 5.74) is 1.33. The maximum Gasteiger partial charge on any atom is 0.317 e. The summed E-state index contributed by atoms with van der Waals surface area (Å²) in [6, 6.07) is 9.17. The number of likely N-dealkylation sites (tertiary alicyclic amines) is 1. The van der Waals surface area contributed by atoms with Crippen molar-refractivity contribution in [3.63, 3.8) is 0 Å². The van der Waals surface area contributed by atoms with Gasteiger partial charge in [-0.3, -0.25) is 0 Å². The molecule has 1 saturated heterocycles. The number of carbonyl (C=O) groups is 2. The lowest BCUT2D eigenvalue weighted by atomic mass is 9.90. The molecule has 132 valence electrons. The number of nitrogens with one attached hydrogen (secondary N) is 1. The topological polar surface area (TPSA) is 72.5 Å². The summed E-state index contributed by atoms with van der Waals surface area (Å²) in [5.74, 6) is -0.454. The highest BCUT2D eigenvalue weighted by Crippen LogP contribution is 2.21. The van der Waals surface area contributed by atoms with Crippen LogP contribution in [-0.2, 0) is 11.2 Å². The van der Waals surface area contributed by atoms with Crippen LogP contribution < -0.4 is 10.4 Å². The van der Waals surface area contributed by atoms with Gasteiger partial charge in [-0.2, -0.15) is 0 Å². The van der Waals surface area contributed by atoms with E-state index in [9.17, 15) is 14.7 Å². The molecule has 0 radical (unpaired) electrons. The number of carboxylic acids is 1. The lowest BCUT2D eigenvalue weighted by Gasteiger charge is -2.33. The Morgan fingerprint density at radius 1 is 1.21 bits per heavy atom. The van der Waals surface area contributed by atoms with Gasteiger partial charge in [-0.15, -0.1) is 0 Å². The summed E-state index contributed by atoms with van der Waals surface area (Å²) in [5, 5.41) is 13.8. The van der Waals surface area contributed by atoms with Crippen LogP contribution in [0.5, 0.6) is 0 Å². The maximum atomic E-state index is 12.3. The van der Waals surface area contributed by atoms with Gasteiger partial charge in [0.15, 0.2) is 0 Å². The van der Waals surface area contributed by atoms with E-state index in [1.165, 1.54) is 5.56 Å². The fraction of sp³-hybridized carbons (Fsp3) is 0.579. The van der Waals surface area contributed by atoms with Crippen molar-refractivity contribution in [3.05, 3.63) is 35.9 Å². The SMILES string of the molecule is CC(C)C[C@H](NC(=O)N1CCC(Cc2ccccc2)CC1)C(=O)[O-]. The fourth-order valence-electron chi connectivity index (χ4n) is 3.21. The van der Waals surface area contributed by atoms with Crippen molar-refractivity contribution in [2.45, 2.75) is 45.6 Å². The molecule has 2 rings (SSSR count). The molecule has 0 aliphatic carbocycles. The summed E-state index contributed by atoms with van der Waals surface area (Å²) in [7, 11) is 0. The first-order chi connectivity index (χ1) is 11.5. The van der Waals surface area contributed by atoms with Crippen molar-refractivity contribution >= 4 is 12.0 Å². The molecule has 1 atom stereocenters. The van der Waals surface area contributed by atoms with Gasteiger partial charge in [-0.25, -0.2) is 4.79 Å². The van der Waals surface area contributed by atoms with E-state index in [1.807, 2.05) is 32.0 Å². The minimum atomic E-state index is -1.21. The third-order valence-corrected chi connectivity index (χ3v) is 4.56. The molecule has 5 heteroatoms. The lowest BCUT2D eigenvalue weighted by molar-refractivity contribution is -0.308. The van der Waals surface area contributed by atoms with Gasteiger partial charge in [-0.05, 0) is 43.1 Å². The second kappa shape index (κ2) is 8.71. The standard InChI is InChI=1S/C19H28N2O3/c1-14(2)12-17(18(22)23)20-19(24)21-10-8-16(9-11-21)13-15-6-4-3-5-7-15/h3-7,14,16-17H,8-13H2,1-2H3,(H,20,24)(H,22,23)/p-1/t17-/m0/s1. The second-order valence-electron chi connectivity index (χ2n) is 7.07. The molecule has 0 unspecified atom stereocenters. The first-order valence-corrected chi connectivity index (χ1v) is 8.76. The Balaban J connectivity index is 1.80. The molecule has 1 N–H and O–H groups in total. The lowest BCUT2D eigenvalue weighted by Crippen LogP contribution is -2.53. The number of piperidine rings is 1. The fourth-order valence-corrected chi connectivity index (χ4v) is 3.21. The van der Waals surface area contributed by atoms with Crippen molar-refractivity contribution in [2.75, 3.05) is 13.1 Å². The van der Waals surface area contributed by atoms with Crippen LogP contribution in [0.25, 0.3) is 0 Å². The first kappa shape index (κ1) is 18.3. The van der Waals surface area contributed by atoms with Crippen LogP contribution in [0.3, 0.4) is 0 Å². The first-order valence-electron chi connectivity index (χ1n) is 8.76. The molecule has 1 aliphatic heterocycles. The number of carboxylic acid groups (broad SMARTS) is 1. The van der Waals surface area contributed by atoms with E-state index in [0.717, 1.165) is 19.3 Å². The summed E-state index contributed by atoms with van der Waals surface area (Å²) in [6.45, 7) is 5.20.